The molecule has 0 spiro atoms. The maximum Gasteiger partial charge on any atom is 0.312 e. The van der Waals surface area contributed by atoms with Gasteiger partial charge in [0.2, 0.25) is 0 Å². The van der Waals surface area contributed by atoms with Gasteiger partial charge in [-0.15, -0.1) is 6.42 Å². The van der Waals surface area contributed by atoms with E-state index in [0.29, 0.717) is 0 Å². The molecule has 0 bridgehead atoms. The lowest BCUT2D eigenvalue weighted by molar-refractivity contribution is -0.0947. The molecule has 0 saturated heterocycles. The van der Waals surface area contributed by atoms with Crippen LogP contribution in [0.15, 0.2) is 6.33 Å². The van der Waals surface area contributed by atoms with Crippen molar-refractivity contribution >= 4 is 17.0 Å². The number of aliphatic hydroxyl groups is 2. The number of nitrogen functional groups attached to an aromatic ring is 1. The Morgan fingerprint density at radius 2 is 2.33 bits per heavy atom. The second-order valence-corrected chi connectivity index (χ2v) is 4.36. The number of nitrogens with two attached hydrogens (primary N) is 1. The van der Waals surface area contributed by atoms with E-state index in [9.17, 15) is 14.6 Å². The van der Waals surface area contributed by atoms with E-state index in [4.69, 9.17) is 16.9 Å². The first-order valence-corrected chi connectivity index (χ1v) is 5.93. The number of fused-ring (bicyclic) bond motifs is 1. The number of imidazole rings is 1. The number of nitrogens with zero attached hydrogens (tertiary/aromatic N) is 4. The fourth-order valence-electron chi connectivity index (χ4n) is 1.91. The highest BCUT2D eigenvalue weighted by Crippen LogP contribution is 2.20. The molecule has 0 saturated carbocycles. The second-order valence-electron chi connectivity index (χ2n) is 4.36. The van der Waals surface area contributed by atoms with Crippen LogP contribution in [0.2, 0.25) is 0 Å². The van der Waals surface area contributed by atoms with E-state index in [1.54, 1.807) is 0 Å². The highest BCUT2D eigenvalue weighted by molar-refractivity contribution is 5.81. The molecule has 0 amide bonds. The summed E-state index contributed by atoms with van der Waals surface area (Å²) in [5, 5.41) is 19.5. The summed E-state index contributed by atoms with van der Waals surface area (Å²) in [6.07, 6.45) is 4.33. The maximum absolute atomic E-state index is 13.2. The summed E-state index contributed by atoms with van der Waals surface area (Å²) in [6.45, 7) is -0.704. The van der Waals surface area contributed by atoms with Crippen molar-refractivity contribution in [1.82, 2.24) is 19.5 Å². The van der Waals surface area contributed by atoms with Crippen LogP contribution < -0.4 is 5.73 Å². The molecule has 0 aliphatic rings. The van der Waals surface area contributed by atoms with Crippen molar-refractivity contribution in [3.63, 3.8) is 0 Å². The van der Waals surface area contributed by atoms with Crippen LogP contribution in [0.25, 0.3) is 11.2 Å². The summed E-state index contributed by atoms with van der Waals surface area (Å²) in [6, 6.07) is 0. The largest absolute Gasteiger partial charge is 0.392 e. The number of aromatic nitrogens is 4. The number of aliphatic hydroxyl groups excluding tert-OH is 2. The number of hydrogen-bond acceptors (Lipinski definition) is 7. The average molecular weight is 295 g/mol. The van der Waals surface area contributed by atoms with Gasteiger partial charge in [-0.2, -0.15) is 14.4 Å². The van der Waals surface area contributed by atoms with Crippen molar-refractivity contribution in [2.24, 2.45) is 0 Å². The molecule has 2 aromatic rings. The van der Waals surface area contributed by atoms with Gasteiger partial charge in [0.05, 0.1) is 19.5 Å². The lowest BCUT2D eigenvalue weighted by atomic mass is 9.98. The van der Waals surface area contributed by atoms with Gasteiger partial charge in [0.1, 0.15) is 11.6 Å². The average Bonchev–Trinajstić information content (AvgIpc) is 2.85. The van der Waals surface area contributed by atoms with Gasteiger partial charge in [0.25, 0.3) is 0 Å². The Labute approximate surface area is 119 Å². The van der Waals surface area contributed by atoms with Gasteiger partial charge in [0, 0.05) is 7.11 Å². The second kappa shape index (κ2) is 5.61. The highest BCUT2D eigenvalue weighted by atomic mass is 19.1. The number of ether oxygens (including phenoxy) is 1. The summed E-state index contributed by atoms with van der Waals surface area (Å²) >= 11 is 0. The van der Waals surface area contributed by atoms with Crippen molar-refractivity contribution in [1.29, 1.82) is 0 Å². The molecule has 21 heavy (non-hydrogen) atoms. The van der Waals surface area contributed by atoms with Crippen molar-refractivity contribution in [2.75, 3.05) is 19.5 Å². The van der Waals surface area contributed by atoms with Gasteiger partial charge in [-0.25, -0.2) is 4.98 Å². The molecule has 2 atom stereocenters. The van der Waals surface area contributed by atoms with E-state index in [0.717, 1.165) is 0 Å². The molecule has 1 unspecified atom stereocenters. The van der Waals surface area contributed by atoms with Crippen LogP contribution in [0.1, 0.15) is 0 Å². The number of hydrogen-bond donors (Lipinski definition) is 3. The lowest BCUT2D eigenvalue weighted by Gasteiger charge is -2.30. The third kappa shape index (κ3) is 2.52. The minimum atomic E-state index is -1.58. The molecule has 0 aromatic carbocycles. The Bertz CT molecular complexity index is 692. The minimum Gasteiger partial charge on any atom is -0.392 e. The van der Waals surface area contributed by atoms with Crippen LogP contribution in [0.4, 0.5) is 10.2 Å². The Balaban J connectivity index is 2.39. The summed E-state index contributed by atoms with van der Waals surface area (Å²) in [4.78, 5) is 10.9. The first kappa shape index (κ1) is 15.1. The molecular formula is C12H14FN5O3. The van der Waals surface area contributed by atoms with Crippen molar-refractivity contribution < 1.29 is 19.3 Å². The summed E-state index contributed by atoms with van der Waals surface area (Å²) in [5.41, 5.74) is 4.28. The van der Waals surface area contributed by atoms with Crippen LogP contribution in [0, 0.1) is 18.4 Å². The van der Waals surface area contributed by atoms with E-state index in [1.165, 1.54) is 18.0 Å². The zero-order chi connectivity index (χ0) is 15.6. The van der Waals surface area contributed by atoms with Gasteiger partial charge in [-0.05, 0) is 0 Å². The standard InChI is InChI=1S/C12H14FN5O3/c1-3-12(5-19,21-2)7(20)4-18-6-15-8-9(14)16-11(13)17-10(8)18/h1,6-7,19-20H,4-5H2,2H3,(H2,14,16,17)/t7-,12?/m0/s1. The lowest BCUT2D eigenvalue weighted by Crippen LogP contribution is -2.48. The molecule has 2 aromatic heterocycles. The van der Waals surface area contributed by atoms with Crippen LogP contribution in [0.5, 0.6) is 0 Å². The van der Waals surface area contributed by atoms with Gasteiger partial charge >= 0.3 is 6.08 Å². The third-order valence-corrected chi connectivity index (χ3v) is 3.21. The smallest absolute Gasteiger partial charge is 0.312 e. The number of halogens is 1. The third-order valence-electron chi connectivity index (χ3n) is 3.21. The van der Waals surface area contributed by atoms with Gasteiger partial charge in [0.15, 0.2) is 17.1 Å². The van der Waals surface area contributed by atoms with E-state index in [1.807, 2.05) is 0 Å². The maximum atomic E-state index is 13.2. The van der Waals surface area contributed by atoms with Crippen LogP contribution in [-0.4, -0.2) is 55.2 Å². The number of terminal acetylenes is 1. The normalized spacial score (nSPS) is 15.6. The number of methoxy groups -OCH3 is 1. The molecule has 112 valence electrons. The predicted molar refractivity (Wildman–Crippen MR) is 71.4 cm³/mol. The fraction of sp³-hybridized carbons (Fsp3) is 0.417. The monoisotopic (exact) mass is 295 g/mol. The first-order chi connectivity index (χ1) is 9.97. The molecule has 2 heterocycles. The van der Waals surface area contributed by atoms with Gasteiger partial charge in [-0.3, -0.25) is 0 Å². The van der Waals surface area contributed by atoms with Gasteiger partial charge < -0.3 is 25.3 Å². The topological polar surface area (TPSA) is 119 Å². The number of rotatable bonds is 5. The van der Waals surface area contributed by atoms with E-state index < -0.39 is 24.4 Å². The minimum absolute atomic E-state index is 0.108. The summed E-state index contributed by atoms with van der Waals surface area (Å²) in [5.74, 6) is 2.10. The van der Waals surface area contributed by atoms with Crippen molar-refractivity contribution in [3.05, 3.63) is 12.4 Å². The summed E-state index contributed by atoms with van der Waals surface area (Å²) in [7, 11) is 1.27. The molecule has 2 rings (SSSR count). The molecular weight excluding hydrogens is 281 g/mol. The Kier molecular flexibility index (Phi) is 4.04. The highest BCUT2D eigenvalue weighted by Gasteiger charge is 2.36. The molecule has 8 nitrogen and oxygen atoms in total. The van der Waals surface area contributed by atoms with E-state index in [-0.39, 0.29) is 23.5 Å². The molecule has 0 fully saturated rings. The Hall–Kier alpha value is -2.28. The van der Waals surface area contributed by atoms with E-state index >= 15 is 0 Å². The molecule has 4 N–H and O–H groups in total. The molecule has 0 aliphatic carbocycles. The zero-order valence-electron chi connectivity index (χ0n) is 11.2. The quantitative estimate of drug-likeness (QED) is 0.474. The first-order valence-electron chi connectivity index (χ1n) is 5.93. The molecule has 9 heteroatoms. The van der Waals surface area contributed by atoms with Crippen LogP contribution in [-0.2, 0) is 11.3 Å². The predicted octanol–water partition coefficient (Wildman–Crippen LogP) is -1.08. The summed E-state index contributed by atoms with van der Waals surface area (Å²) < 4.78 is 19.6. The SMILES string of the molecule is C#CC(CO)(OC)[C@@H](O)Cn1cnc2c(N)nc(F)nc21. The molecule has 0 radical (unpaired) electrons. The Morgan fingerprint density at radius 1 is 1.62 bits per heavy atom. The van der Waals surface area contributed by atoms with Crippen LogP contribution in [0.3, 0.4) is 0 Å². The zero-order valence-corrected chi connectivity index (χ0v) is 11.2. The van der Waals surface area contributed by atoms with Crippen molar-refractivity contribution in [2.45, 2.75) is 18.2 Å². The number of anilines is 1. The van der Waals surface area contributed by atoms with E-state index in [2.05, 4.69) is 20.9 Å². The molecule has 0 aliphatic heterocycles. The van der Waals surface area contributed by atoms with Crippen LogP contribution >= 0.6 is 0 Å². The fourth-order valence-corrected chi connectivity index (χ4v) is 1.91. The Morgan fingerprint density at radius 3 is 2.90 bits per heavy atom. The van der Waals surface area contributed by atoms with Gasteiger partial charge in [-0.1, -0.05) is 5.92 Å². The van der Waals surface area contributed by atoms with Crippen molar-refractivity contribution in [3.8, 4) is 12.3 Å².